The molecule has 1 amide bonds. The maximum Gasteiger partial charge on any atom is 0.259 e. The summed E-state index contributed by atoms with van der Waals surface area (Å²) in [5.74, 6) is 1.73. The van der Waals surface area contributed by atoms with E-state index in [9.17, 15) is 4.79 Å². The highest BCUT2D eigenvalue weighted by atomic mass is 16.5. The molecule has 0 aliphatic carbocycles. The molecule has 1 unspecified atom stereocenters. The minimum atomic E-state index is -0.0503. The van der Waals surface area contributed by atoms with Crippen LogP contribution in [0.5, 0.6) is 0 Å². The van der Waals surface area contributed by atoms with Gasteiger partial charge in [-0.3, -0.25) is 9.78 Å². The van der Waals surface area contributed by atoms with Crippen LogP contribution < -0.4 is 0 Å². The SMILES string of the molecule is CCc1oncc1C(=O)N1CCCC(c2noc(-c3ccncc3)n2)C1. The van der Waals surface area contributed by atoms with Crippen LogP contribution in [0.3, 0.4) is 0 Å². The van der Waals surface area contributed by atoms with Gasteiger partial charge in [0.2, 0.25) is 0 Å². The van der Waals surface area contributed by atoms with Gasteiger partial charge in [0.25, 0.3) is 11.8 Å². The van der Waals surface area contributed by atoms with Crippen molar-refractivity contribution in [1.29, 1.82) is 0 Å². The predicted octanol–water partition coefficient (Wildman–Crippen LogP) is 2.70. The molecule has 26 heavy (non-hydrogen) atoms. The minimum Gasteiger partial charge on any atom is -0.361 e. The van der Waals surface area contributed by atoms with Crippen LogP contribution in [0, 0.1) is 0 Å². The van der Waals surface area contributed by atoms with Gasteiger partial charge in [-0.2, -0.15) is 4.98 Å². The molecule has 0 bridgehead atoms. The fraction of sp³-hybridized carbons (Fsp3) is 0.389. The van der Waals surface area contributed by atoms with Gasteiger partial charge >= 0.3 is 0 Å². The number of likely N-dealkylation sites (tertiary alicyclic amines) is 1. The fourth-order valence-electron chi connectivity index (χ4n) is 3.25. The van der Waals surface area contributed by atoms with Crippen LogP contribution >= 0.6 is 0 Å². The van der Waals surface area contributed by atoms with E-state index in [4.69, 9.17) is 9.05 Å². The zero-order chi connectivity index (χ0) is 17.9. The van der Waals surface area contributed by atoms with E-state index in [1.54, 1.807) is 12.4 Å². The van der Waals surface area contributed by atoms with E-state index in [1.807, 2.05) is 24.0 Å². The molecule has 1 aliphatic heterocycles. The highest BCUT2D eigenvalue weighted by Gasteiger charge is 2.30. The quantitative estimate of drug-likeness (QED) is 0.711. The summed E-state index contributed by atoms with van der Waals surface area (Å²) in [6, 6.07) is 3.65. The van der Waals surface area contributed by atoms with Crippen molar-refractivity contribution in [1.82, 2.24) is 25.2 Å². The van der Waals surface area contributed by atoms with E-state index in [2.05, 4.69) is 20.3 Å². The van der Waals surface area contributed by atoms with Crippen LogP contribution in [0.15, 0.2) is 39.8 Å². The molecule has 8 heteroatoms. The molecular formula is C18H19N5O3. The normalized spacial score (nSPS) is 17.4. The molecule has 3 aromatic heterocycles. The Balaban J connectivity index is 1.51. The lowest BCUT2D eigenvalue weighted by Crippen LogP contribution is -2.39. The van der Waals surface area contributed by atoms with Crippen molar-refractivity contribution in [3.63, 3.8) is 0 Å². The average Bonchev–Trinajstić information content (AvgIpc) is 3.37. The van der Waals surface area contributed by atoms with E-state index in [-0.39, 0.29) is 11.8 Å². The number of aromatic nitrogens is 4. The Hall–Kier alpha value is -3.03. The number of nitrogens with zero attached hydrogens (tertiary/aromatic N) is 5. The van der Waals surface area contributed by atoms with Gasteiger partial charge in [0.1, 0.15) is 11.3 Å². The van der Waals surface area contributed by atoms with E-state index in [1.165, 1.54) is 6.20 Å². The molecule has 0 spiro atoms. The number of aryl methyl sites for hydroxylation is 1. The molecule has 0 saturated carbocycles. The number of pyridine rings is 1. The van der Waals surface area contributed by atoms with Crippen molar-refractivity contribution >= 4 is 5.91 Å². The van der Waals surface area contributed by atoms with Gasteiger partial charge in [-0.05, 0) is 25.0 Å². The van der Waals surface area contributed by atoms with Gasteiger partial charge in [0.05, 0.1) is 6.20 Å². The standard InChI is InChI=1S/C18H19N5O3/c1-2-15-14(10-20-25-15)18(24)23-9-3-4-13(11-23)16-21-17(26-22-16)12-5-7-19-8-6-12/h5-8,10,13H,2-4,9,11H2,1H3. The number of carbonyl (C=O) groups excluding carboxylic acids is 1. The molecule has 134 valence electrons. The van der Waals surface area contributed by atoms with Crippen molar-refractivity contribution in [3.8, 4) is 11.5 Å². The van der Waals surface area contributed by atoms with Crippen LogP contribution in [0.25, 0.3) is 11.5 Å². The second-order valence-corrected chi connectivity index (χ2v) is 6.30. The van der Waals surface area contributed by atoms with Crippen LogP contribution in [-0.2, 0) is 6.42 Å². The molecule has 0 aromatic carbocycles. The van der Waals surface area contributed by atoms with Gasteiger partial charge in [-0.1, -0.05) is 17.2 Å². The molecule has 0 N–H and O–H groups in total. The number of rotatable bonds is 4. The predicted molar refractivity (Wildman–Crippen MR) is 91.3 cm³/mol. The third kappa shape index (κ3) is 3.10. The van der Waals surface area contributed by atoms with Crippen molar-refractivity contribution in [2.75, 3.05) is 13.1 Å². The summed E-state index contributed by atoms with van der Waals surface area (Å²) >= 11 is 0. The zero-order valence-electron chi connectivity index (χ0n) is 14.5. The first-order valence-electron chi connectivity index (χ1n) is 8.73. The van der Waals surface area contributed by atoms with E-state index in [0.717, 1.165) is 18.4 Å². The maximum atomic E-state index is 12.8. The summed E-state index contributed by atoms with van der Waals surface area (Å²) in [6.07, 6.45) is 7.32. The molecule has 1 aliphatic rings. The Bertz CT molecular complexity index is 889. The molecule has 1 fully saturated rings. The van der Waals surface area contributed by atoms with Crippen LogP contribution in [0.4, 0.5) is 0 Å². The smallest absolute Gasteiger partial charge is 0.259 e. The van der Waals surface area contributed by atoms with Gasteiger partial charge in [0.15, 0.2) is 5.82 Å². The van der Waals surface area contributed by atoms with E-state index >= 15 is 0 Å². The molecule has 4 rings (SSSR count). The highest BCUT2D eigenvalue weighted by molar-refractivity contribution is 5.95. The van der Waals surface area contributed by atoms with Crippen molar-refractivity contribution in [2.45, 2.75) is 32.1 Å². The lowest BCUT2D eigenvalue weighted by atomic mass is 9.96. The Morgan fingerprint density at radius 2 is 2.15 bits per heavy atom. The van der Waals surface area contributed by atoms with E-state index < -0.39 is 0 Å². The molecular weight excluding hydrogens is 334 g/mol. The summed E-state index contributed by atoms with van der Waals surface area (Å²) in [5, 5.41) is 7.89. The molecule has 8 nitrogen and oxygen atoms in total. The van der Waals surface area contributed by atoms with Gasteiger partial charge in [-0.25, -0.2) is 0 Å². The van der Waals surface area contributed by atoms with Gasteiger partial charge < -0.3 is 13.9 Å². The largest absolute Gasteiger partial charge is 0.361 e. The zero-order valence-corrected chi connectivity index (χ0v) is 14.5. The second kappa shape index (κ2) is 7.07. The topological polar surface area (TPSA) is 98.2 Å². The Morgan fingerprint density at radius 1 is 1.31 bits per heavy atom. The molecule has 1 saturated heterocycles. The summed E-state index contributed by atoms with van der Waals surface area (Å²) in [6.45, 7) is 3.21. The number of carbonyl (C=O) groups is 1. The highest BCUT2D eigenvalue weighted by Crippen LogP contribution is 2.28. The number of hydrogen-bond donors (Lipinski definition) is 0. The number of piperidine rings is 1. The third-order valence-electron chi connectivity index (χ3n) is 4.64. The van der Waals surface area contributed by atoms with Gasteiger partial charge in [-0.15, -0.1) is 0 Å². The Kier molecular flexibility index (Phi) is 4.47. The monoisotopic (exact) mass is 353 g/mol. The van der Waals surface area contributed by atoms with Gasteiger partial charge in [0, 0.05) is 43.4 Å². The van der Waals surface area contributed by atoms with Crippen LogP contribution in [0.2, 0.25) is 0 Å². The third-order valence-corrected chi connectivity index (χ3v) is 4.64. The Morgan fingerprint density at radius 3 is 2.96 bits per heavy atom. The molecule has 0 radical (unpaired) electrons. The lowest BCUT2D eigenvalue weighted by Gasteiger charge is -2.31. The molecule has 3 aromatic rings. The number of hydrogen-bond acceptors (Lipinski definition) is 7. The van der Waals surface area contributed by atoms with E-state index in [0.29, 0.717) is 42.5 Å². The first-order chi connectivity index (χ1) is 12.8. The van der Waals surface area contributed by atoms with Crippen molar-refractivity contribution < 1.29 is 13.8 Å². The average molecular weight is 353 g/mol. The fourth-order valence-corrected chi connectivity index (χ4v) is 3.25. The second-order valence-electron chi connectivity index (χ2n) is 6.30. The first kappa shape index (κ1) is 16.4. The molecule has 1 atom stereocenters. The number of amides is 1. The molecule has 4 heterocycles. The first-order valence-corrected chi connectivity index (χ1v) is 8.73. The Labute approximate surface area is 150 Å². The summed E-state index contributed by atoms with van der Waals surface area (Å²) in [7, 11) is 0. The minimum absolute atomic E-state index is 0.0503. The summed E-state index contributed by atoms with van der Waals surface area (Å²) in [4.78, 5) is 23.1. The van der Waals surface area contributed by atoms with Crippen molar-refractivity contribution in [3.05, 3.63) is 47.9 Å². The van der Waals surface area contributed by atoms with Crippen LogP contribution in [-0.4, -0.2) is 44.2 Å². The van der Waals surface area contributed by atoms with Crippen molar-refractivity contribution in [2.24, 2.45) is 0 Å². The summed E-state index contributed by atoms with van der Waals surface area (Å²) < 4.78 is 10.5. The van der Waals surface area contributed by atoms with Crippen LogP contribution in [0.1, 0.15) is 47.6 Å². The summed E-state index contributed by atoms with van der Waals surface area (Å²) in [5.41, 5.74) is 1.37. The maximum absolute atomic E-state index is 12.8. The lowest BCUT2D eigenvalue weighted by molar-refractivity contribution is 0.0701.